The van der Waals surface area contributed by atoms with Crippen molar-refractivity contribution in [2.45, 2.75) is 0 Å². The molecule has 5 heteroatoms. The molecule has 0 unspecified atom stereocenters. The van der Waals surface area contributed by atoms with Gasteiger partial charge in [-0.1, -0.05) is 36.4 Å². The Morgan fingerprint density at radius 2 is 2.09 bits per heavy atom. The molecule has 0 atom stereocenters. The van der Waals surface area contributed by atoms with Gasteiger partial charge in [0.1, 0.15) is 18.2 Å². The molecule has 0 saturated heterocycles. The average Bonchev–Trinajstić information content (AvgIpc) is 2.53. The summed E-state index contributed by atoms with van der Waals surface area (Å²) >= 11 is 6.06. The number of aromatic nitrogens is 2. The summed E-state index contributed by atoms with van der Waals surface area (Å²) < 4.78 is 5.61. The fraction of sp³-hybridized carbons (Fsp3) is 0.0588. The molecule has 0 radical (unpaired) electrons. The number of hydrogen-bond acceptors (Lipinski definition) is 3. The highest BCUT2D eigenvalue weighted by Gasteiger charge is 2.11. The largest absolute Gasteiger partial charge is 0.489 e. The summed E-state index contributed by atoms with van der Waals surface area (Å²) in [6.07, 6.45) is 1.65. The van der Waals surface area contributed by atoms with Gasteiger partial charge in [0.2, 0.25) is 0 Å². The highest BCUT2D eigenvalue weighted by atomic mass is 35.5. The topological polar surface area (TPSA) is 55.0 Å². The van der Waals surface area contributed by atoms with Crippen LogP contribution >= 0.6 is 11.6 Å². The molecule has 110 valence electrons. The third-order valence-electron chi connectivity index (χ3n) is 3.17. The first kappa shape index (κ1) is 14.4. The van der Waals surface area contributed by atoms with Crippen molar-refractivity contribution in [3.05, 3.63) is 70.5 Å². The molecule has 0 aliphatic carbocycles. The Kier molecular flexibility index (Phi) is 3.94. The molecule has 1 heterocycles. The van der Waals surface area contributed by atoms with E-state index in [0.717, 1.165) is 0 Å². The number of nitrogens with zero attached hydrogens (tertiary/aromatic N) is 1. The zero-order chi connectivity index (χ0) is 15.5. The highest BCUT2D eigenvalue weighted by Crippen LogP contribution is 2.30. The van der Waals surface area contributed by atoms with Crippen LogP contribution in [0.4, 0.5) is 0 Å². The van der Waals surface area contributed by atoms with E-state index in [-0.39, 0.29) is 5.56 Å². The maximum Gasteiger partial charge on any atom is 0.259 e. The molecule has 2 aromatic carbocycles. The summed E-state index contributed by atoms with van der Waals surface area (Å²) in [5.74, 6) is 1.01. The molecule has 3 rings (SSSR count). The number of fused-ring (bicyclic) bond motifs is 1. The van der Waals surface area contributed by atoms with E-state index in [4.69, 9.17) is 16.3 Å². The maximum absolute atomic E-state index is 12.2. The first-order chi connectivity index (χ1) is 10.7. The molecule has 22 heavy (non-hydrogen) atoms. The Morgan fingerprint density at radius 3 is 2.91 bits per heavy atom. The normalized spacial score (nSPS) is 10.6. The van der Waals surface area contributed by atoms with Crippen LogP contribution in [0.15, 0.2) is 59.9 Å². The summed E-state index contributed by atoms with van der Waals surface area (Å²) in [6.45, 7) is 3.98. The lowest BCUT2D eigenvalue weighted by Crippen LogP contribution is -2.10. The predicted octanol–water partition coefficient (Wildman–Crippen LogP) is 3.81. The van der Waals surface area contributed by atoms with E-state index in [1.165, 1.54) is 0 Å². The number of hydrogen-bond donors (Lipinski definition) is 1. The van der Waals surface area contributed by atoms with Crippen molar-refractivity contribution in [3.63, 3.8) is 0 Å². The van der Waals surface area contributed by atoms with Gasteiger partial charge in [0.25, 0.3) is 5.56 Å². The molecule has 0 bridgehead atoms. The summed E-state index contributed by atoms with van der Waals surface area (Å²) in [5.41, 5.74) is 1.06. The Bertz CT molecular complexity index is 903. The monoisotopic (exact) mass is 312 g/mol. The van der Waals surface area contributed by atoms with Gasteiger partial charge in [-0.2, -0.15) is 0 Å². The van der Waals surface area contributed by atoms with Crippen LogP contribution in [-0.4, -0.2) is 16.6 Å². The van der Waals surface area contributed by atoms with Gasteiger partial charge >= 0.3 is 0 Å². The molecule has 1 N–H and O–H groups in total. The Hall–Kier alpha value is -2.59. The number of ether oxygens (including phenoxy) is 1. The number of benzene rings is 2. The molecule has 0 aliphatic heterocycles. The van der Waals surface area contributed by atoms with E-state index >= 15 is 0 Å². The number of nitrogens with one attached hydrogen (secondary N) is 1. The van der Waals surface area contributed by atoms with Gasteiger partial charge in [-0.25, -0.2) is 4.98 Å². The smallest absolute Gasteiger partial charge is 0.259 e. The minimum Gasteiger partial charge on any atom is -0.489 e. The molecule has 0 fully saturated rings. The number of para-hydroxylation sites is 1. The van der Waals surface area contributed by atoms with Crippen molar-refractivity contribution >= 4 is 22.5 Å². The second-order valence-corrected chi connectivity index (χ2v) is 5.11. The van der Waals surface area contributed by atoms with E-state index in [1.54, 1.807) is 42.5 Å². The van der Waals surface area contributed by atoms with Crippen LogP contribution in [0.25, 0.3) is 22.3 Å². The quantitative estimate of drug-likeness (QED) is 0.745. The van der Waals surface area contributed by atoms with Gasteiger partial charge in [0.15, 0.2) is 0 Å². The lowest BCUT2D eigenvalue weighted by molar-refractivity contribution is 0.364. The van der Waals surface area contributed by atoms with Gasteiger partial charge in [-0.3, -0.25) is 4.79 Å². The van der Waals surface area contributed by atoms with Crippen molar-refractivity contribution in [1.29, 1.82) is 0 Å². The third-order valence-corrected chi connectivity index (χ3v) is 3.40. The van der Waals surface area contributed by atoms with Gasteiger partial charge in [-0.15, -0.1) is 0 Å². The summed E-state index contributed by atoms with van der Waals surface area (Å²) in [7, 11) is 0. The van der Waals surface area contributed by atoms with E-state index in [9.17, 15) is 4.79 Å². The predicted molar refractivity (Wildman–Crippen MR) is 88.5 cm³/mol. The number of halogens is 1. The van der Waals surface area contributed by atoms with Crippen molar-refractivity contribution < 1.29 is 4.74 Å². The highest BCUT2D eigenvalue weighted by molar-refractivity contribution is 6.30. The van der Waals surface area contributed by atoms with E-state index in [1.807, 2.05) is 6.07 Å². The van der Waals surface area contributed by atoms with E-state index in [2.05, 4.69) is 16.5 Å². The molecule has 0 saturated carbocycles. The molecular formula is C17H13ClN2O2. The average molecular weight is 313 g/mol. The fourth-order valence-corrected chi connectivity index (χ4v) is 2.35. The van der Waals surface area contributed by atoms with Crippen LogP contribution in [0.2, 0.25) is 5.02 Å². The Labute approximate surface area is 132 Å². The zero-order valence-corrected chi connectivity index (χ0v) is 12.4. The van der Waals surface area contributed by atoms with Gasteiger partial charge < -0.3 is 9.72 Å². The number of H-pyrrole nitrogens is 1. The molecule has 0 spiro atoms. The maximum atomic E-state index is 12.2. The summed E-state index contributed by atoms with van der Waals surface area (Å²) in [5, 5.41) is 1.08. The SMILES string of the molecule is C=CCOc1ccc(Cl)cc1-c1nc2ccccc2c(=O)[nH]1. The van der Waals surface area contributed by atoms with Crippen molar-refractivity contribution in [2.24, 2.45) is 0 Å². The van der Waals surface area contributed by atoms with Crippen LogP contribution in [0.3, 0.4) is 0 Å². The second kappa shape index (κ2) is 6.03. The number of rotatable bonds is 4. The fourth-order valence-electron chi connectivity index (χ4n) is 2.18. The summed E-state index contributed by atoms with van der Waals surface area (Å²) in [4.78, 5) is 19.5. The van der Waals surface area contributed by atoms with Crippen LogP contribution in [0.5, 0.6) is 5.75 Å². The number of aromatic amines is 1. The standard InChI is InChI=1S/C17H13ClN2O2/c1-2-9-22-15-8-7-11(18)10-13(15)16-19-14-6-4-3-5-12(14)17(21)20-16/h2-8,10H,1,9H2,(H,19,20,21). The molecular weight excluding hydrogens is 300 g/mol. The van der Waals surface area contributed by atoms with Gasteiger partial charge in [-0.05, 0) is 30.3 Å². The second-order valence-electron chi connectivity index (χ2n) is 4.67. The minimum atomic E-state index is -0.199. The third kappa shape index (κ3) is 2.73. The van der Waals surface area contributed by atoms with Gasteiger partial charge in [0, 0.05) is 5.02 Å². The molecule has 0 aliphatic rings. The first-order valence-electron chi connectivity index (χ1n) is 6.71. The first-order valence-corrected chi connectivity index (χ1v) is 7.09. The Balaban J connectivity index is 2.20. The molecule has 1 aromatic heterocycles. The zero-order valence-electron chi connectivity index (χ0n) is 11.7. The van der Waals surface area contributed by atoms with Crippen molar-refractivity contribution in [2.75, 3.05) is 6.61 Å². The van der Waals surface area contributed by atoms with Crippen LogP contribution in [-0.2, 0) is 0 Å². The molecule has 4 nitrogen and oxygen atoms in total. The lowest BCUT2D eigenvalue weighted by atomic mass is 10.1. The Morgan fingerprint density at radius 1 is 1.27 bits per heavy atom. The molecule has 0 amide bonds. The minimum absolute atomic E-state index is 0.199. The van der Waals surface area contributed by atoms with Crippen LogP contribution in [0, 0.1) is 0 Å². The van der Waals surface area contributed by atoms with E-state index in [0.29, 0.717) is 39.7 Å². The van der Waals surface area contributed by atoms with Crippen molar-refractivity contribution in [1.82, 2.24) is 9.97 Å². The van der Waals surface area contributed by atoms with Crippen LogP contribution < -0.4 is 10.3 Å². The lowest BCUT2D eigenvalue weighted by Gasteiger charge is -2.10. The van der Waals surface area contributed by atoms with Crippen molar-refractivity contribution in [3.8, 4) is 17.1 Å². The van der Waals surface area contributed by atoms with Crippen LogP contribution in [0.1, 0.15) is 0 Å². The van der Waals surface area contributed by atoms with E-state index < -0.39 is 0 Å². The van der Waals surface area contributed by atoms with Gasteiger partial charge in [0.05, 0.1) is 16.5 Å². The summed E-state index contributed by atoms with van der Waals surface area (Å²) in [6, 6.07) is 12.4. The molecule has 3 aromatic rings.